The van der Waals surface area contributed by atoms with Crippen LogP contribution in [0.25, 0.3) is 5.69 Å². The number of methoxy groups -OCH3 is 1. The Balaban J connectivity index is 1.78. The summed E-state index contributed by atoms with van der Waals surface area (Å²) < 4.78 is 19.7. The van der Waals surface area contributed by atoms with E-state index in [9.17, 15) is 19.2 Å². The van der Waals surface area contributed by atoms with E-state index in [4.69, 9.17) is 4.74 Å². The molecule has 1 N–H and O–H groups in total. The lowest BCUT2D eigenvalue weighted by atomic mass is 10.0. The fraction of sp³-hybridized carbons (Fsp3) is 0.100. The van der Waals surface area contributed by atoms with E-state index < -0.39 is 23.4 Å². The Morgan fingerprint density at radius 1 is 1.21 bits per heavy atom. The number of anilines is 1. The standard InChI is InChI=1S/C20H15FN4O3/c1-28-16-7-3-5-14(11-16)23-20(27)17(12-22)19(26)18-8-9-25(24-18)15-6-2-4-13(21)10-15/h2-11,17H,1H3,(H,23,27). The maximum atomic E-state index is 13.4. The van der Waals surface area contributed by atoms with Gasteiger partial charge >= 0.3 is 0 Å². The highest BCUT2D eigenvalue weighted by Crippen LogP contribution is 2.18. The lowest BCUT2D eigenvalue weighted by molar-refractivity contribution is -0.117. The number of benzene rings is 2. The molecule has 1 unspecified atom stereocenters. The summed E-state index contributed by atoms with van der Waals surface area (Å²) in [6.07, 6.45) is 1.45. The number of hydrogen-bond acceptors (Lipinski definition) is 5. The van der Waals surface area contributed by atoms with E-state index in [0.29, 0.717) is 17.1 Å². The fourth-order valence-corrected chi connectivity index (χ4v) is 2.52. The minimum absolute atomic E-state index is 0.0726. The molecule has 7 nitrogen and oxygen atoms in total. The molecule has 0 fully saturated rings. The Morgan fingerprint density at radius 2 is 2.00 bits per heavy atom. The molecule has 2 aromatic carbocycles. The topological polar surface area (TPSA) is 97.0 Å². The second-order valence-corrected chi connectivity index (χ2v) is 5.77. The first-order chi connectivity index (χ1) is 13.5. The number of ketones is 1. The minimum atomic E-state index is -1.58. The average molecular weight is 378 g/mol. The number of rotatable bonds is 6. The first-order valence-electron chi connectivity index (χ1n) is 8.22. The Kier molecular flexibility index (Phi) is 5.46. The van der Waals surface area contributed by atoms with Crippen LogP contribution in [-0.4, -0.2) is 28.6 Å². The Hall–Kier alpha value is -3.99. The van der Waals surface area contributed by atoms with Crippen LogP contribution in [0.3, 0.4) is 0 Å². The van der Waals surface area contributed by atoms with Crippen molar-refractivity contribution in [3.8, 4) is 17.5 Å². The minimum Gasteiger partial charge on any atom is -0.497 e. The van der Waals surface area contributed by atoms with Gasteiger partial charge in [-0.15, -0.1) is 0 Å². The first kappa shape index (κ1) is 18.8. The van der Waals surface area contributed by atoms with Crippen LogP contribution in [0.4, 0.5) is 10.1 Å². The number of nitriles is 1. The van der Waals surface area contributed by atoms with Gasteiger partial charge < -0.3 is 10.1 Å². The average Bonchev–Trinajstić information content (AvgIpc) is 3.19. The molecular formula is C20H15FN4O3. The first-order valence-corrected chi connectivity index (χ1v) is 8.22. The molecule has 0 aliphatic rings. The molecule has 0 aliphatic heterocycles. The van der Waals surface area contributed by atoms with Crippen molar-refractivity contribution in [3.05, 3.63) is 72.3 Å². The molecule has 1 heterocycles. The second-order valence-electron chi connectivity index (χ2n) is 5.77. The molecule has 0 spiro atoms. The van der Waals surface area contributed by atoms with Crippen LogP contribution in [-0.2, 0) is 4.79 Å². The van der Waals surface area contributed by atoms with E-state index in [0.717, 1.165) is 0 Å². The zero-order valence-electron chi connectivity index (χ0n) is 14.8. The van der Waals surface area contributed by atoms with Gasteiger partial charge in [0, 0.05) is 18.0 Å². The van der Waals surface area contributed by atoms with Crippen molar-refractivity contribution in [2.75, 3.05) is 12.4 Å². The van der Waals surface area contributed by atoms with Crippen LogP contribution in [0.1, 0.15) is 10.5 Å². The second kappa shape index (κ2) is 8.14. The van der Waals surface area contributed by atoms with Gasteiger partial charge in [-0.25, -0.2) is 9.07 Å². The summed E-state index contributed by atoms with van der Waals surface area (Å²) in [5.74, 6) is -3.04. The number of hydrogen-bond donors (Lipinski definition) is 1. The van der Waals surface area contributed by atoms with Gasteiger partial charge in [-0.2, -0.15) is 10.4 Å². The van der Waals surface area contributed by atoms with E-state index in [2.05, 4.69) is 10.4 Å². The number of carbonyl (C=O) groups excluding carboxylic acids is 2. The van der Waals surface area contributed by atoms with Gasteiger partial charge in [0.25, 0.3) is 0 Å². The van der Waals surface area contributed by atoms with Crippen molar-refractivity contribution in [2.24, 2.45) is 5.92 Å². The highest BCUT2D eigenvalue weighted by molar-refractivity contribution is 6.14. The van der Waals surface area contributed by atoms with Crippen molar-refractivity contribution < 1.29 is 18.7 Å². The maximum Gasteiger partial charge on any atom is 0.249 e. The van der Waals surface area contributed by atoms with Gasteiger partial charge in [0.2, 0.25) is 11.7 Å². The number of halogens is 1. The lowest BCUT2D eigenvalue weighted by Crippen LogP contribution is -2.29. The van der Waals surface area contributed by atoms with Crippen molar-refractivity contribution >= 4 is 17.4 Å². The normalized spacial score (nSPS) is 11.3. The van der Waals surface area contributed by atoms with Crippen LogP contribution in [0.2, 0.25) is 0 Å². The summed E-state index contributed by atoms with van der Waals surface area (Å²) in [4.78, 5) is 25.0. The molecule has 140 valence electrons. The maximum absolute atomic E-state index is 13.4. The molecule has 1 atom stereocenters. The molecule has 8 heteroatoms. The third kappa shape index (κ3) is 4.04. The van der Waals surface area contributed by atoms with Crippen LogP contribution >= 0.6 is 0 Å². The Labute approximate surface area is 160 Å². The van der Waals surface area contributed by atoms with Gasteiger partial charge in [-0.05, 0) is 36.4 Å². The summed E-state index contributed by atoms with van der Waals surface area (Å²) in [5, 5.41) is 15.9. The number of ether oxygens (including phenoxy) is 1. The van der Waals surface area contributed by atoms with E-state index >= 15 is 0 Å². The van der Waals surface area contributed by atoms with E-state index in [1.54, 1.807) is 36.4 Å². The molecule has 3 aromatic rings. The molecule has 1 amide bonds. The van der Waals surface area contributed by atoms with Crippen LogP contribution in [0, 0.1) is 23.1 Å². The lowest BCUT2D eigenvalue weighted by Gasteiger charge is -2.09. The fourth-order valence-electron chi connectivity index (χ4n) is 2.52. The third-order valence-corrected chi connectivity index (χ3v) is 3.91. The molecule has 0 saturated carbocycles. The van der Waals surface area contributed by atoms with Crippen molar-refractivity contribution in [1.29, 1.82) is 5.26 Å². The zero-order chi connectivity index (χ0) is 20.1. The molecule has 3 rings (SSSR count). The summed E-state index contributed by atoms with van der Waals surface area (Å²) in [6, 6.07) is 15.3. The molecule has 28 heavy (non-hydrogen) atoms. The van der Waals surface area contributed by atoms with E-state index in [1.165, 1.54) is 42.3 Å². The summed E-state index contributed by atoms with van der Waals surface area (Å²) in [6.45, 7) is 0. The molecule has 0 bridgehead atoms. The van der Waals surface area contributed by atoms with Crippen molar-refractivity contribution in [3.63, 3.8) is 0 Å². The molecule has 0 aliphatic carbocycles. The summed E-state index contributed by atoms with van der Waals surface area (Å²) in [7, 11) is 1.48. The van der Waals surface area contributed by atoms with Crippen molar-refractivity contribution in [1.82, 2.24) is 9.78 Å². The zero-order valence-corrected chi connectivity index (χ0v) is 14.8. The van der Waals surface area contributed by atoms with Crippen molar-refractivity contribution in [2.45, 2.75) is 0 Å². The Bertz CT molecular complexity index is 1070. The van der Waals surface area contributed by atoms with Crippen LogP contribution in [0.5, 0.6) is 5.75 Å². The quantitative estimate of drug-likeness (QED) is 0.525. The van der Waals surface area contributed by atoms with Gasteiger partial charge in [0.15, 0.2) is 5.92 Å². The number of aromatic nitrogens is 2. The molecule has 1 aromatic heterocycles. The van der Waals surface area contributed by atoms with Gasteiger partial charge in [0.05, 0.1) is 18.9 Å². The molecule has 0 saturated heterocycles. The smallest absolute Gasteiger partial charge is 0.249 e. The third-order valence-electron chi connectivity index (χ3n) is 3.91. The van der Waals surface area contributed by atoms with E-state index in [-0.39, 0.29) is 5.69 Å². The van der Waals surface area contributed by atoms with Gasteiger partial charge in [-0.3, -0.25) is 9.59 Å². The van der Waals surface area contributed by atoms with Crippen LogP contribution < -0.4 is 10.1 Å². The number of Topliss-reactive ketones (excluding diaryl/α,β-unsaturated/α-hetero) is 1. The SMILES string of the molecule is COc1cccc(NC(=O)C(C#N)C(=O)c2ccn(-c3cccc(F)c3)n2)c1. The predicted octanol–water partition coefficient (Wildman–Crippen LogP) is 2.98. The van der Waals surface area contributed by atoms with E-state index in [1.807, 2.05) is 0 Å². The number of amides is 1. The highest BCUT2D eigenvalue weighted by atomic mass is 19.1. The number of nitrogens with zero attached hydrogens (tertiary/aromatic N) is 3. The molecular weight excluding hydrogens is 363 g/mol. The largest absolute Gasteiger partial charge is 0.497 e. The predicted molar refractivity (Wildman–Crippen MR) is 98.6 cm³/mol. The summed E-state index contributed by atoms with van der Waals surface area (Å²) in [5.41, 5.74) is 0.729. The highest BCUT2D eigenvalue weighted by Gasteiger charge is 2.29. The number of carbonyl (C=O) groups is 2. The van der Waals surface area contributed by atoms with Gasteiger partial charge in [0.1, 0.15) is 17.3 Å². The van der Waals surface area contributed by atoms with Gasteiger partial charge in [-0.1, -0.05) is 12.1 Å². The number of nitrogens with one attached hydrogen (secondary N) is 1. The van der Waals surface area contributed by atoms with Crippen LogP contribution in [0.15, 0.2) is 60.8 Å². The monoisotopic (exact) mass is 378 g/mol. The molecule has 0 radical (unpaired) electrons. The summed E-state index contributed by atoms with van der Waals surface area (Å²) >= 11 is 0. The Morgan fingerprint density at radius 3 is 2.71 bits per heavy atom.